The van der Waals surface area contributed by atoms with E-state index in [-0.39, 0.29) is 6.54 Å². The number of rotatable bonds is 6. The van der Waals surface area contributed by atoms with Gasteiger partial charge in [-0.25, -0.2) is 4.79 Å². The van der Waals surface area contributed by atoms with Gasteiger partial charge in [-0.2, -0.15) is 0 Å². The predicted octanol–water partition coefficient (Wildman–Crippen LogP) is 0.817. The molecule has 0 bridgehead atoms. The van der Waals surface area contributed by atoms with Crippen molar-refractivity contribution in [1.82, 2.24) is 5.32 Å². The lowest BCUT2D eigenvalue weighted by atomic mass is 10.3. The summed E-state index contributed by atoms with van der Waals surface area (Å²) in [7, 11) is 1.27. The molecule has 6 nitrogen and oxygen atoms in total. The van der Waals surface area contributed by atoms with Gasteiger partial charge in [-0.15, -0.1) is 0 Å². The molecule has 1 heterocycles. The molecule has 1 aromatic rings. The summed E-state index contributed by atoms with van der Waals surface area (Å²) in [6.07, 6.45) is 1.73. The number of hydrogen-bond acceptors (Lipinski definition) is 4. The highest BCUT2D eigenvalue weighted by atomic mass is 16.5. The van der Waals surface area contributed by atoms with Gasteiger partial charge in [-0.05, 0) is 25.1 Å². The Morgan fingerprint density at radius 1 is 1.56 bits per heavy atom. The quantitative estimate of drug-likeness (QED) is 0.732. The summed E-state index contributed by atoms with van der Waals surface area (Å²) in [5.74, 6) is -0.222. The van der Waals surface area contributed by atoms with E-state index in [9.17, 15) is 9.59 Å². The van der Waals surface area contributed by atoms with E-state index >= 15 is 0 Å². The van der Waals surface area contributed by atoms with E-state index in [0.717, 1.165) is 5.76 Å². The van der Waals surface area contributed by atoms with Gasteiger partial charge in [0.05, 0.1) is 6.54 Å². The molecule has 1 unspecified atom stereocenters. The first-order valence-corrected chi connectivity index (χ1v) is 5.31. The number of carboxylic acids is 1. The maximum atomic E-state index is 11.4. The first-order valence-electron chi connectivity index (χ1n) is 5.31. The van der Waals surface area contributed by atoms with Crippen molar-refractivity contribution in [1.29, 1.82) is 0 Å². The molecule has 1 atom stereocenters. The highest BCUT2D eigenvalue weighted by Crippen LogP contribution is 2.07. The number of aliphatic carboxylic acids is 1. The largest absolute Gasteiger partial charge is 0.479 e. The van der Waals surface area contributed by atoms with E-state index < -0.39 is 18.0 Å². The van der Waals surface area contributed by atoms with Crippen molar-refractivity contribution in [3.05, 3.63) is 29.7 Å². The molecule has 0 radical (unpaired) electrons. The molecule has 0 aliphatic heterocycles. The van der Waals surface area contributed by atoms with E-state index in [2.05, 4.69) is 10.1 Å². The molecule has 0 aliphatic rings. The van der Waals surface area contributed by atoms with Crippen molar-refractivity contribution in [2.75, 3.05) is 13.7 Å². The summed E-state index contributed by atoms with van der Waals surface area (Å²) >= 11 is 0. The second-order valence-electron chi connectivity index (χ2n) is 3.59. The molecule has 1 rings (SSSR count). The summed E-state index contributed by atoms with van der Waals surface area (Å²) in [4.78, 5) is 22.0. The number of carbonyl (C=O) groups excluding carboxylic acids is 1. The molecule has 0 aromatic carbocycles. The van der Waals surface area contributed by atoms with Crippen LogP contribution in [-0.2, 0) is 14.3 Å². The van der Waals surface area contributed by atoms with Crippen LogP contribution < -0.4 is 5.32 Å². The van der Waals surface area contributed by atoms with Crippen molar-refractivity contribution in [2.45, 2.75) is 13.0 Å². The Bertz CT molecular complexity index is 449. The van der Waals surface area contributed by atoms with Crippen LogP contribution >= 0.6 is 0 Å². The molecule has 1 aromatic heterocycles. The normalized spacial score (nSPS) is 12.6. The van der Waals surface area contributed by atoms with Crippen molar-refractivity contribution >= 4 is 18.0 Å². The Hall–Kier alpha value is -2.08. The van der Waals surface area contributed by atoms with Crippen LogP contribution in [0, 0.1) is 6.92 Å². The van der Waals surface area contributed by atoms with E-state index in [1.165, 1.54) is 19.3 Å². The van der Waals surface area contributed by atoms with Gasteiger partial charge in [0.2, 0.25) is 5.91 Å². The molecule has 2 N–H and O–H groups in total. The standard InChI is InChI=1S/C12H15NO5/c1-8-3-4-9(18-8)5-6-11(14)13-7-10(17-2)12(15)16/h3-6,10H,7H2,1-2H3,(H,13,14)(H,15,16)/b6-5+. The molecule has 98 valence electrons. The van der Waals surface area contributed by atoms with Crippen molar-refractivity contribution in [2.24, 2.45) is 0 Å². The second kappa shape index (κ2) is 6.61. The van der Waals surface area contributed by atoms with Crippen molar-refractivity contribution in [3.8, 4) is 0 Å². The number of hydrogen-bond donors (Lipinski definition) is 2. The molecule has 18 heavy (non-hydrogen) atoms. The molecule has 6 heteroatoms. The minimum Gasteiger partial charge on any atom is -0.479 e. The van der Waals surface area contributed by atoms with E-state index in [1.54, 1.807) is 19.1 Å². The van der Waals surface area contributed by atoms with Gasteiger partial charge in [0, 0.05) is 13.2 Å². The van der Waals surface area contributed by atoms with Gasteiger partial charge < -0.3 is 19.6 Å². The number of carbonyl (C=O) groups is 2. The first-order chi connectivity index (χ1) is 8.52. The Morgan fingerprint density at radius 3 is 2.78 bits per heavy atom. The number of furan rings is 1. The van der Waals surface area contributed by atoms with Gasteiger partial charge in [0.25, 0.3) is 0 Å². The fraction of sp³-hybridized carbons (Fsp3) is 0.333. The minimum absolute atomic E-state index is 0.0911. The number of ether oxygens (including phenoxy) is 1. The molecule has 1 amide bonds. The number of amides is 1. The monoisotopic (exact) mass is 253 g/mol. The van der Waals surface area contributed by atoms with E-state index in [0.29, 0.717) is 5.76 Å². The lowest BCUT2D eigenvalue weighted by Crippen LogP contribution is -2.37. The summed E-state index contributed by atoms with van der Waals surface area (Å²) in [6, 6.07) is 3.51. The van der Waals surface area contributed by atoms with E-state index in [4.69, 9.17) is 9.52 Å². The Labute approximate surface area is 104 Å². The molecule has 0 spiro atoms. The van der Waals surface area contributed by atoms with Gasteiger partial charge in [-0.1, -0.05) is 0 Å². The number of methoxy groups -OCH3 is 1. The van der Waals surface area contributed by atoms with Crippen LogP contribution in [0.3, 0.4) is 0 Å². The first kappa shape index (κ1) is 14.0. The maximum absolute atomic E-state index is 11.4. The predicted molar refractivity (Wildman–Crippen MR) is 63.9 cm³/mol. The maximum Gasteiger partial charge on any atom is 0.334 e. The van der Waals surface area contributed by atoms with Crippen LogP contribution in [0.1, 0.15) is 11.5 Å². The lowest BCUT2D eigenvalue weighted by Gasteiger charge is -2.09. The van der Waals surface area contributed by atoms with Gasteiger partial charge in [-0.3, -0.25) is 4.79 Å². The molecule has 0 saturated carbocycles. The van der Waals surface area contributed by atoms with Crippen LogP contribution in [-0.4, -0.2) is 36.7 Å². The van der Waals surface area contributed by atoms with Crippen molar-refractivity contribution < 1.29 is 23.8 Å². The Balaban J connectivity index is 2.42. The third-order valence-corrected chi connectivity index (χ3v) is 2.18. The zero-order valence-corrected chi connectivity index (χ0v) is 10.2. The van der Waals surface area contributed by atoms with Crippen LogP contribution in [0.2, 0.25) is 0 Å². The molecular formula is C12H15NO5. The smallest absolute Gasteiger partial charge is 0.334 e. The lowest BCUT2D eigenvalue weighted by molar-refractivity contribution is -0.148. The van der Waals surface area contributed by atoms with Crippen LogP contribution in [0.5, 0.6) is 0 Å². The van der Waals surface area contributed by atoms with Crippen LogP contribution in [0.15, 0.2) is 22.6 Å². The number of aryl methyl sites for hydroxylation is 1. The fourth-order valence-electron chi connectivity index (χ4n) is 1.22. The SMILES string of the molecule is COC(CNC(=O)/C=C/c1ccc(C)o1)C(=O)O. The summed E-state index contributed by atoms with van der Waals surface area (Å²) in [6.45, 7) is 1.71. The third kappa shape index (κ3) is 4.42. The molecular weight excluding hydrogens is 238 g/mol. The Morgan fingerprint density at radius 2 is 2.28 bits per heavy atom. The topological polar surface area (TPSA) is 88.8 Å². The summed E-state index contributed by atoms with van der Waals surface area (Å²) < 4.78 is 9.90. The minimum atomic E-state index is -1.12. The van der Waals surface area contributed by atoms with Crippen LogP contribution in [0.4, 0.5) is 0 Å². The summed E-state index contributed by atoms with van der Waals surface area (Å²) in [5, 5.41) is 11.1. The fourth-order valence-corrected chi connectivity index (χ4v) is 1.22. The zero-order valence-electron chi connectivity index (χ0n) is 10.2. The molecule has 0 fully saturated rings. The third-order valence-electron chi connectivity index (χ3n) is 2.18. The molecule has 0 saturated heterocycles. The highest BCUT2D eigenvalue weighted by Gasteiger charge is 2.16. The number of carboxylic acid groups (broad SMARTS) is 1. The van der Waals surface area contributed by atoms with Crippen LogP contribution in [0.25, 0.3) is 6.08 Å². The highest BCUT2D eigenvalue weighted by molar-refractivity contribution is 5.91. The number of nitrogens with one attached hydrogen (secondary N) is 1. The van der Waals surface area contributed by atoms with Gasteiger partial charge >= 0.3 is 5.97 Å². The van der Waals surface area contributed by atoms with Gasteiger partial charge in [0.1, 0.15) is 11.5 Å². The van der Waals surface area contributed by atoms with Crippen molar-refractivity contribution in [3.63, 3.8) is 0 Å². The Kier molecular flexibility index (Phi) is 5.13. The summed E-state index contributed by atoms with van der Waals surface area (Å²) in [5.41, 5.74) is 0. The van der Waals surface area contributed by atoms with E-state index in [1.807, 2.05) is 0 Å². The zero-order chi connectivity index (χ0) is 13.5. The molecule has 0 aliphatic carbocycles. The average molecular weight is 253 g/mol. The second-order valence-corrected chi connectivity index (χ2v) is 3.59. The average Bonchev–Trinajstić information content (AvgIpc) is 2.73. The van der Waals surface area contributed by atoms with Gasteiger partial charge in [0.15, 0.2) is 6.10 Å².